The van der Waals surface area contributed by atoms with Crippen LogP contribution in [0.15, 0.2) is 24.3 Å². The minimum absolute atomic E-state index is 0.0677. The molecule has 21 heavy (non-hydrogen) atoms. The van der Waals surface area contributed by atoms with Gasteiger partial charge >= 0.3 is 0 Å². The van der Waals surface area contributed by atoms with Crippen molar-refractivity contribution < 1.29 is 4.79 Å². The van der Waals surface area contributed by atoms with Gasteiger partial charge in [-0.2, -0.15) is 0 Å². The normalized spacial score (nSPS) is 25.4. The van der Waals surface area contributed by atoms with Crippen LogP contribution in [0.25, 0.3) is 0 Å². The number of carbonyl (C=O) groups excluding carboxylic acids is 1. The van der Waals surface area contributed by atoms with E-state index in [0.29, 0.717) is 6.04 Å². The molecule has 0 aromatic heterocycles. The van der Waals surface area contributed by atoms with Gasteiger partial charge in [-0.25, -0.2) is 0 Å². The van der Waals surface area contributed by atoms with Crippen molar-refractivity contribution in [3.63, 3.8) is 0 Å². The fourth-order valence-corrected chi connectivity index (χ4v) is 3.59. The van der Waals surface area contributed by atoms with Crippen LogP contribution in [0, 0.1) is 11.8 Å². The molecule has 0 aliphatic heterocycles. The topological polar surface area (TPSA) is 32.3 Å². The maximum atomic E-state index is 12.0. The Hall–Kier alpha value is -1.51. The van der Waals surface area contributed by atoms with Crippen LogP contribution in [0.2, 0.25) is 0 Å². The van der Waals surface area contributed by atoms with Crippen LogP contribution >= 0.6 is 0 Å². The van der Waals surface area contributed by atoms with Gasteiger partial charge in [0.2, 0.25) is 0 Å². The first kappa shape index (κ1) is 14.4. The fraction of sp³-hybridized carbons (Fsp3) is 0.611. The number of carbonyl (C=O) groups is 1. The van der Waals surface area contributed by atoms with Gasteiger partial charge in [-0.3, -0.25) is 4.79 Å². The van der Waals surface area contributed by atoms with Gasteiger partial charge in [0.05, 0.1) is 0 Å². The Kier molecular flexibility index (Phi) is 4.18. The monoisotopic (exact) mass is 286 g/mol. The van der Waals surface area contributed by atoms with Gasteiger partial charge in [-0.05, 0) is 55.7 Å². The summed E-state index contributed by atoms with van der Waals surface area (Å²) in [6.45, 7) is 0. The van der Waals surface area contributed by atoms with Crippen molar-refractivity contribution >= 4 is 11.6 Å². The van der Waals surface area contributed by atoms with Crippen molar-refractivity contribution in [3.8, 4) is 0 Å². The van der Waals surface area contributed by atoms with Crippen LogP contribution in [0.5, 0.6) is 0 Å². The van der Waals surface area contributed by atoms with E-state index >= 15 is 0 Å². The van der Waals surface area contributed by atoms with Gasteiger partial charge < -0.3 is 10.2 Å². The summed E-state index contributed by atoms with van der Waals surface area (Å²) in [7, 11) is 3.59. The number of anilines is 1. The highest BCUT2D eigenvalue weighted by Crippen LogP contribution is 2.44. The van der Waals surface area contributed by atoms with E-state index in [9.17, 15) is 4.79 Å². The van der Waals surface area contributed by atoms with Gasteiger partial charge in [0.1, 0.15) is 0 Å². The second-order valence-electron chi connectivity index (χ2n) is 6.89. The van der Waals surface area contributed by atoms with E-state index in [0.717, 1.165) is 23.1 Å². The van der Waals surface area contributed by atoms with Crippen molar-refractivity contribution in [1.29, 1.82) is 0 Å². The lowest BCUT2D eigenvalue weighted by Crippen LogP contribution is -2.28. The first-order valence-corrected chi connectivity index (χ1v) is 8.22. The molecular weight excluding hydrogens is 260 g/mol. The standard InChI is InChI=1S/C18H26N2O/c1-20(2)18(21)15-6-4-8-17(12-15)19-16-7-3-5-14(11-16)13-9-10-13/h4,6,8,12-14,16,19H,3,5,7,9-11H2,1-2H3. The lowest BCUT2D eigenvalue weighted by molar-refractivity contribution is 0.0827. The lowest BCUT2D eigenvalue weighted by Gasteiger charge is -2.30. The molecule has 2 aliphatic rings. The molecule has 0 bridgehead atoms. The van der Waals surface area contributed by atoms with Crippen molar-refractivity contribution in [2.75, 3.05) is 19.4 Å². The van der Waals surface area contributed by atoms with Crippen LogP contribution in [-0.2, 0) is 0 Å². The Morgan fingerprint density at radius 3 is 2.67 bits per heavy atom. The van der Waals surface area contributed by atoms with Crippen LogP contribution in [0.1, 0.15) is 48.9 Å². The van der Waals surface area contributed by atoms with Crippen LogP contribution in [0.3, 0.4) is 0 Å². The highest BCUT2D eigenvalue weighted by molar-refractivity contribution is 5.94. The smallest absolute Gasteiger partial charge is 0.253 e. The predicted octanol–water partition coefficient (Wildman–Crippen LogP) is 3.77. The summed E-state index contributed by atoms with van der Waals surface area (Å²) in [5.41, 5.74) is 1.85. The van der Waals surface area contributed by atoms with Gasteiger partial charge in [0.25, 0.3) is 5.91 Å². The number of nitrogens with zero attached hydrogens (tertiary/aromatic N) is 1. The van der Waals surface area contributed by atoms with Crippen molar-refractivity contribution in [2.24, 2.45) is 11.8 Å². The highest BCUT2D eigenvalue weighted by Gasteiger charge is 2.34. The molecule has 0 saturated heterocycles. The number of hydrogen-bond acceptors (Lipinski definition) is 2. The SMILES string of the molecule is CN(C)C(=O)c1cccc(NC2CCCC(C3CC3)C2)c1. The van der Waals surface area contributed by atoms with Crippen LogP contribution in [0.4, 0.5) is 5.69 Å². The van der Waals surface area contributed by atoms with E-state index in [1.165, 1.54) is 38.5 Å². The fourth-order valence-electron chi connectivity index (χ4n) is 3.59. The Morgan fingerprint density at radius 2 is 1.95 bits per heavy atom. The number of rotatable bonds is 4. The molecule has 0 radical (unpaired) electrons. The molecule has 2 fully saturated rings. The molecule has 0 heterocycles. The zero-order chi connectivity index (χ0) is 14.8. The predicted molar refractivity (Wildman–Crippen MR) is 86.6 cm³/mol. The second-order valence-corrected chi connectivity index (χ2v) is 6.89. The van der Waals surface area contributed by atoms with Gasteiger partial charge in [0.15, 0.2) is 0 Å². The molecule has 1 N–H and O–H groups in total. The third-order valence-corrected chi connectivity index (χ3v) is 4.89. The van der Waals surface area contributed by atoms with E-state index in [-0.39, 0.29) is 5.91 Å². The van der Waals surface area contributed by atoms with Gasteiger partial charge in [-0.15, -0.1) is 0 Å². The Morgan fingerprint density at radius 1 is 1.14 bits per heavy atom. The quantitative estimate of drug-likeness (QED) is 0.914. The molecule has 2 aliphatic carbocycles. The minimum Gasteiger partial charge on any atom is -0.382 e. The first-order valence-electron chi connectivity index (χ1n) is 8.22. The molecule has 1 aromatic rings. The molecule has 2 unspecified atom stereocenters. The molecular formula is C18H26N2O. The number of nitrogens with one attached hydrogen (secondary N) is 1. The molecule has 3 rings (SSSR count). The molecule has 1 amide bonds. The highest BCUT2D eigenvalue weighted by atomic mass is 16.2. The van der Waals surface area contributed by atoms with Crippen molar-refractivity contribution in [3.05, 3.63) is 29.8 Å². The van der Waals surface area contributed by atoms with Crippen LogP contribution in [-0.4, -0.2) is 30.9 Å². The summed E-state index contributed by atoms with van der Waals surface area (Å²) in [5.74, 6) is 2.01. The van der Waals surface area contributed by atoms with E-state index in [4.69, 9.17) is 0 Å². The lowest BCUT2D eigenvalue weighted by atomic mass is 9.82. The zero-order valence-corrected chi connectivity index (χ0v) is 13.1. The Balaban J connectivity index is 1.64. The third kappa shape index (κ3) is 3.58. The maximum absolute atomic E-state index is 12.0. The van der Waals surface area contributed by atoms with Gasteiger partial charge in [-0.1, -0.05) is 18.9 Å². The van der Waals surface area contributed by atoms with Crippen LogP contribution < -0.4 is 5.32 Å². The summed E-state index contributed by atoms with van der Waals surface area (Å²) in [4.78, 5) is 13.7. The summed E-state index contributed by atoms with van der Waals surface area (Å²) in [6, 6.07) is 8.51. The average molecular weight is 286 g/mol. The number of hydrogen-bond donors (Lipinski definition) is 1. The van der Waals surface area contributed by atoms with Crippen molar-refractivity contribution in [1.82, 2.24) is 4.90 Å². The first-order chi connectivity index (χ1) is 10.1. The molecule has 114 valence electrons. The van der Waals surface area contributed by atoms with Gasteiger partial charge in [0, 0.05) is 31.4 Å². The number of amides is 1. The summed E-state index contributed by atoms with van der Waals surface area (Å²) in [6.07, 6.45) is 8.22. The van der Waals surface area contributed by atoms with E-state index < -0.39 is 0 Å². The average Bonchev–Trinajstić information content (AvgIpc) is 3.31. The summed E-state index contributed by atoms with van der Waals surface area (Å²) < 4.78 is 0. The molecule has 2 saturated carbocycles. The summed E-state index contributed by atoms with van der Waals surface area (Å²) >= 11 is 0. The second kappa shape index (κ2) is 6.08. The van der Waals surface area contributed by atoms with Crippen molar-refractivity contribution in [2.45, 2.75) is 44.6 Å². The Bertz CT molecular complexity index is 508. The molecule has 3 heteroatoms. The van der Waals surface area contributed by atoms with E-state index in [2.05, 4.69) is 11.4 Å². The Labute approximate surface area is 127 Å². The zero-order valence-electron chi connectivity index (χ0n) is 13.1. The largest absolute Gasteiger partial charge is 0.382 e. The molecule has 2 atom stereocenters. The maximum Gasteiger partial charge on any atom is 0.253 e. The number of benzene rings is 1. The molecule has 1 aromatic carbocycles. The summed E-state index contributed by atoms with van der Waals surface area (Å²) in [5, 5.41) is 3.66. The minimum atomic E-state index is 0.0677. The van der Waals surface area contributed by atoms with E-state index in [1.807, 2.05) is 18.2 Å². The molecule has 3 nitrogen and oxygen atoms in total. The van der Waals surface area contributed by atoms with E-state index in [1.54, 1.807) is 19.0 Å². The third-order valence-electron chi connectivity index (χ3n) is 4.89. The molecule has 0 spiro atoms.